The predicted molar refractivity (Wildman–Crippen MR) is 63.8 cm³/mol. The first-order chi connectivity index (χ1) is 8.83. The lowest BCUT2D eigenvalue weighted by atomic mass is 10.1. The third-order valence-electron chi connectivity index (χ3n) is 2.83. The Morgan fingerprint density at radius 1 is 1.22 bits per heavy atom. The Labute approximate surface area is 104 Å². The largest absolute Gasteiger partial charge is 0.485 e. The second kappa shape index (κ2) is 4.56. The molecule has 0 radical (unpaired) electrons. The molecule has 2 heterocycles. The summed E-state index contributed by atoms with van der Waals surface area (Å²) in [5, 5.41) is 0. The van der Waals surface area contributed by atoms with E-state index < -0.39 is 6.10 Å². The lowest BCUT2D eigenvalue weighted by Gasteiger charge is -2.25. The van der Waals surface area contributed by atoms with Crippen molar-refractivity contribution in [2.45, 2.75) is 12.5 Å². The number of furan rings is 1. The fourth-order valence-corrected chi connectivity index (χ4v) is 1.89. The van der Waals surface area contributed by atoms with Gasteiger partial charge in [0.15, 0.2) is 23.4 Å². The van der Waals surface area contributed by atoms with Gasteiger partial charge in [0.25, 0.3) is 0 Å². The zero-order valence-electron chi connectivity index (χ0n) is 9.67. The van der Waals surface area contributed by atoms with E-state index in [1.54, 1.807) is 24.7 Å². The summed E-state index contributed by atoms with van der Waals surface area (Å²) >= 11 is 0. The molecule has 0 aliphatic carbocycles. The van der Waals surface area contributed by atoms with E-state index in [4.69, 9.17) is 13.9 Å². The van der Waals surface area contributed by atoms with E-state index >= 15 is 0 Å². The number of carbonyl (C=O) groups is 1. The fraction of sp³-hybridized carbons (Fsp3) is 0.214. The number of hydrogen-bond acceptors (Lipinski definition) is 4. The number of para-hydroxylation sites is 2. The minimum atomic E-state index is -0.546. The number of ketones is 1. The monoisotopic (exact) mass is 244 g/mol. The first kappa shape index (κ1) is 10.9. The van der Waals surface area contributed by atoms with Crippen molar-refractivity contribution in [3.63, 3.8) is 0 Å². The van der Waals surface area contributed by atoms with Crippen LogP contribution in [-0.4, -0.2) is 18.5 Å². The summed E-state index contributed by atoms with van der Waals surface area (Å²) in [6.45, 7) is 0.258. The lowest BCUT2D eigenvalue weighted by molar-refractivity contribution is -0.127. The molecule has 0 spiro atoms. The van der Waals surface area contributed by atoms with E-state index in [2.05, 4.69) is 0 Å². The Morgan fingerprint density at radius 3 is 2.83 bits per heavy atom. The summed E-state index contributed by atoms with van der Waals surface area (Å²) in [5.74, 6) is 1.30. The van der Waals surface area contributed by atoms with Crippen molar-refractivity contribution in [2.75, 3.05) is 6.61 Å². The molecular formula is C14H12O4. The SMILES string of the molecule is O=C(Cc1ccoc1)C1COc2ccccc2O1. The zero-order chi connectivity index (χ0) is 12.4. The maximum Gasteiger partial charge on any atom is 0.191 e. The van der Waals surface area contributed by atoms with Crippen LogP contribution in [0.2, 0.25) is 0 Å². The molecule has 4 heteroatoms. The second-order valence-electron chi connectivity index (χ2n) is 4.14. The van der Waals surface area contributed by atoms with Crippen LogP contribution in [0.15, 0.2) is 47.3 Å². The molecule has 0 N–H and O–H groups in total. The number of carbonyl (C=O) groups excluding carboxylic acids is 1. The summed E-state index contributed by atoms with van der Waals surface area (Å²) in [4.78, 5) is 12.0. The van der Waals surface area contributed by atoms with Crippen LogP contribution in [0.1, 0.15) is 5.56 Å². The number of Topliss-reactive ketones (excluding diaryl/α,β-unsaturated/α-hetero) is 1. The first-order valence-electron chi connectivity index (χ1n) is 5.75. The van der Waals surface area contributed by atoms with E-state index in [-0.39, 0.29) is 12.4 Å². The first-order valence-corrected chi connectivity index (χ1v) is 5.75. The summed E-state index contributed by atoms with van der Waals surface area (Å²) < 4.78 is 16.1. The topological polar surface area (TPSA) is 48.7 Å². The quantitative estimate of drug-likeness (QED) is 0.830. The number of fused-ring (bicyclic) bond motifs is 1. The van der Waals surface area contributed by atoms with Gasteiger partial charge in [-0.1, -0.05) is 12.1 Å². The molecule has 4 nitrogen and oxygen atoms in total. The molecule has 0 amide bonds. The number of benzene rings is 1. The van der Waals surface area contributed by atoms with Crippen LogP contribution >= 0.6 is 0 Å². The Kier molecular flexibility index (Phi) is 2.76. The molecule has 1 aromatic heterocycles. The number of hydrogen-bond donors (Lipinski definition) is 0. The maximum atomic E-state index is 12.0. The molecule has 18 heavy (non-hydrogen) atoms. The van der Waals surface area contributed by atoms with Crippen LogP contribution in [0.4, 0.5) is 0 Å². The molecular weight excluding hydrogens is 232 g/mol. The van der Waals surface area contributed by atoms with Gasteiger partial charge in [0.2, 0.25) is 0 Å². The van der Waals surface area contributed by atoms with Crippen LogP contribution in [0.5, 0.6) is 11.5 Å². The molecule has 1 unspecified atom stereocenters. The van der Waals surface area contributed by atoms with Gasteiger partial charge >= 0.3 is 0 Å². The van der Waals surface area contributed by atoms with Crippen molar-refractivity contribution in [1.82, 2.24) is 0 Å². The maximum absolute atomic E-state index is 12.0. The molecule has 0 bridgehead atoms. The van der Waals surface area contributed by atoms with Crippen LogP contribution in [0.3, 0.4) is 0 Å². The molecule has 0 saturated carbocycles. The smallest absolute Gasteiger partial charge is 0.191 e. The summed E-state index contributed by atoms with van der Waals surface area (Å²) in [6, 6.07) is 9.12. The highest BCUT2D eigenvalue weighted by molar-refractivity contribution is 5.86. The molecule has 3 rings (SSSR count). The predicted octanol–water partition coefficient (Wildman–Crippen LogP) is 2.23. The molecule has 92 valence electrons. The highest BCUT2D eigenvalue weighted by Gasteiger charge is 2.27. The number of ether oxygens (including phenoxy) is 2. The summed E-state index contributed by atoms with van der Waals surface area (Å²) in [5.41, 5.74) is 0.849. The van der Waals surface area contributed by atoms with Gasteiger partial charge in [-0.05, 0) is 23.8 Å². The molecule has 0 fully saturated rings. The van der Waals surface area contributed by atoms with E-state index in [9.17, 15) is 4.79 Å². The molecule has 1 aliphatic heterocycles. The van der Waals surface area contributed by atoms with E-state index in [0.717, 1.165) is 5.56 Å². The van der Waals surface area contributed by atoms with E-state index in [1.165, 1.54) is 0 Å². The lowest BCUT2D eigenvalue weighted by Crippen LogP contribution is -2.37. The van der Waals surface area contributed by atoms with Gasteiger partial charge in [-0.25, -0.2) is 0 Å². The summed E-state index contributed by atoms with van der Waals surface area (Å²) in [7, 11) is 0. The molecule has 2 aromatic rings. The van der Waals surface area contributed by atoms with Crippen molar-refractivity contribution in [2.24, 2.45) is 0 Å². The molecule has 1 atom stereocenters. The summed E-state index contributed by atoms with van der Waals surface area (Å²) in [6.07, 6.45) is 2.87. The van der Waals surface area contributed by atoms with Crippen molar-refractivity contribution < 1.29 is 18.7 Å². The van der Waals surface area contributed by atoms with Gasteiger partial charge in [-0.3, -0.25) is 4.79 Å². The third kappa shape index (κ3) is 2.09. The average molecular weight is 244 g/mol. The minimum Gasteiger partial charge on any atom is -0.485 e. The minimum absolute atomic E-state index is 0.00842. The zero-order valence-corrected chi connectivity index (χ0v) is 9.67. The molecule has 1 aliphatic rings. The highest BCUT2D eigenvalue weighted by atomic mass is 16.6. The third-order valence-corrected chi connectivity index (χ3v) is 2.83. The van der Waals surface area contributed by atoms with Gasteiger partial charge in [0, 0.05) is 6.42 Å². The van der Waals surface area contributed by atoms with E-state index in [1.807, 2.05) is 18.2 Å². The Morgan fingerprint density at radius 2 is 2.06 bits per heavy atom. The average Bonchev–Trinajstić information content (AvgIpc) is 2.91. The van der Waals surface area contributed by atoms with Crippen LogP contribution in [-0.2, 0) is 11.2 Å². The normalized spacial score (nSPS) is 17.4. The van der Waals surface area contributed by atoms with Gasteiger partial charge < -0.3 is 13.9 Å². The van der Waals surface area contributed by atoms with Gasteiger partial charge in [0.05, 0.1) is 12.5 Å². The van der Waals surface area contributed by atoms with Crippen molar-refractivity contribution in [1.29, 1.82) is 0 Å². The fourth-order valence-electron chi connectivity index (χ4n) is 1.89. The van der Waals surface area contributed by atoms with Gasteiger partial charge in [0.1, 0.15) is 6.61 Å². The Bertz CT molecular complexity index is 545. The van der Waals surface area contributed by atoms with Crippen LogP contribution in [0, 0.1) is 0 Å². The Hall–Kier alpha value is -2.23. The van der Waals surface area contributed by atoms with Crippen molar-refractivity contribution in [3.8, 4) is 11.5 Å². The van der Waals surface area contributed by atoms with Crippen molar-refractivity contribution >= 4 is 5.78 Å². The molecule has 0 saturated heterocycles. The highest BCUT2D eigenvalue weighted by Crippen LogP contribution is 2.31. The van der Waals surface area contributed by atoms with Crippen LogP contribution < -0.4 is 9.47 Å². The van der Waals surface area contributed by atoms with Gasteiger partial charge in [-0.2, -0.15) is 0 Å². The van der Waals surface area contributed by atoms with Gasteiger partial charge in [-0.15, -0.1) is 0 Å². The van der Waals surface area contributed by atoms with E-state index in [0.29, 0.717) is 17.9 Å². The number of rotatable bonds is 3. The van der Waals surface area contributed by atoms with Crippen molar-refractivity contribution in [3.05, 3.63) is 48.4 Å². The molecule has 1 aromatic carbocycles. The Balaban J connectivity index is 1.70. The standard InChI is InChI=1S/C14H12O4/c15-11(7-10-5-6-16-8-10)14-9-17-12-3-1-2-4-13(12)18-14/h1-6,8,14H,7,9H2. The van der Waals surface area contributed by atoms with Crippen LogP contribution in [0.25, 0.3) is 0 Å². The second-order valence-corrected chi connectivity index (χ2v) is 4.14.